The molecular formula is C34H47FN4O2. The molecule has 0 radical (unpaired) electrons. The lowest BCUT2D eigenvalue weighted by molar-refractivity contribution is -0.145. The smallest absolute Gasteiger partial charge is 0.321 e. The number of aromatic nitrogens is 2. The summed E-state index contributed by atoms with van der Waals surface area (Å²) in [4.78, 5) is 21.1. The number of hydrogen-bond donors (Lipinski definition) is 1. The van der Waals surface area contributed by atoms with Gasteiger partial charge >= 0.3 is 5.97 Å². The van der Waals surface area contributed by atoms with Crippen LogP contribution in [-0.2, 0) is 11.2 Å². The molecule has 1 aliphatic carbocycles. The number of nitrogens with zero attached hydrogens (tertiary/aromatic N) is 4. The fourth-order valence-corrected chi connectivity index (χ4v) is 7.33. The number of halogens is 1. The molecule has 0 unspecified atom stereocenters. The van der Waals surface area contributed by atoms with Crippen molar-refractivity contribution in [1.29, 1.82) is 0 Å². The van der Waals surface area contributed by atoms with Crippen molar-refractivity contribution >= 4 is 17.0 Å². The summed E-state index contributed by atoms with van der Waals surface area (Å²) < 4.78 is 15.8. The number of carbonyl (C=O) groups is 1. The first-order valence-corrected chi connectivity index (χ1v) is 15.8. The Balaban J connectivity index is 0.000000165. The lowest BCUT2D eigenvalue weighted by atomic mass is 9.83. The molecule has 2 saturated heterocycles. The van der Waals surface area contributed by atoms with Gasteiger partial charge in [0.25, 0.3) is 0 Å². The van der Waals surface area contributed by atoms with E-state index < -0.39 is 5.97 Å². The molecule has 3 aliphatic rings. The highest BCUT2D eigenvalue weighted by molar-refractivity contribution is 5.76. The van der Waals surface area contributed by atoms with Crippen molar-refractivity contribution in [2.75, 3.05) is 33.2 Å². The number of aliphatic carboxylic acids is 1. The molecule has 0 spiro atoms. The zero-order valence-electron chi connectivity index (χ0n) is 24.8. The summed E-state index contributed by atoms with van der Waals surface area (Å²) in [5, 5.41) is 9.70. The van der Waals surface area contributed by atoms with Crippen LogP contribution in [0.15, 0.2) is 48.5 Å². The molecule has 3 heterocycles. The molecule has 7 heteroatoms. The summed E-state index contributed by atoms with van der Waals surface area (Å²) in [6, 6.07) is 15.8. The van der Waals surface area contributed by atoms with Crippen LogP contribution in [0.2, 0.25) is 0 Å². The molecule has 2 aliphatic heterocycles. The molecule has 2 atom stereocenters. The molecule has 2 aromatic carbocycles. The minimum Gasteiger partial charge on any atom is -0.480 e. The maximum Gasteiger partial charge on any atom is 0.321 e. The maximum atomic E-state index is 13.4. The molecule has 6 nitrogen and oxygen atoms in total. The zero-order chi connectivity index (χ0) is 28.8. The Bertz CT molecular complexity index is 1260. The predicted molar refractivity (Wildman–Crippen MR) is 163 cm³/mol. The van der Waals surface area contributed by atoms with E-state index in [1.165, 1.54) is 24.8 Å². The van der Waals surface area contributed by atoms with Crippen LogP contribution in [0.3, 0.4) is 0 Å². The lowest BCUT2D eigenvalue weighted by Crippen LogP contribution is -2.45. The van der Waals surface area contributed by atoms with E-state index in [0.717, 1.165) is 88.0 Å². The van der Waals surface area contributed by atoms with E-state index in [4.69, 9.17) is 0 Å². The first-order chi connectivity index (χ1) is 19.9. The van der Waals surface area contributed by atoms with E-state index in [9.17, 15) is 14.3 Å². The Hall–Kier alpha value is -2.77. The number of fused-ring (bicyclic) bond motifs is 1. The summed E-state index contributed by atoms with van der Waals surface area (Å²) in [6.07, 6.45) is 11.3. The summed E-state index contributed by atoms with van der Waals surface area (Å²) in [5.41, 5.74) is 3.24. The molecule has 41 heavy (non-hydrogen) atoms. The van der Waals surface area contributed by atoms with Crippen LogP contribution < -0.4 is 0 Å². The number of rotatable bonds is 7. The van der Waals surface area contributed by atoms with Crippen molar-refractivity contribution in [3.05, 3.63) is 65.7 Å². The summed E-state index contributed by atoms with van der Waals surface area (Å²) in [5.74, 6) is 1.15. The summed E-state index contributed by atoms with van der Waals surface area (Å²) in [7, 11) is 2.17. The first kappa shape index (κ1) is 29.7. The molecule has 3 fully saturated rings. The van der Waals surface area contributed by atoms with Crippen LogP contribution >= 0.6 is 0 Å². The van der Waals surface area contributed by atoms with Crippen LogP contribution in [0.1, 0.15) is 88.1 Å². The zero-order valence-corrected chi connectivity index (χ0v) is 24.8. The molecule has 0 amide bonds. The van der Waals surface area contributed by atoms with Gasteiger partial charge in [-0.05, 0) is 94.7 Å². The standard InChI is InChI=1S/C18H25NO2.C16H22FN3/c20-18(21)17(15-9-5-2-6-10-15)19-12-11-16(13-19)14-7-3-1-4-8-14;1-3-4-16-18-14-11-12(17)5-6-15(14)20(16)13-7-9-19(2)10-8-13/h1,3-4,7-8,15-17H,2,5-6,9-13H2,(H,20,21);5-6,11,13H,3-4,7-10H2,1-2H3/t16-,17-;/m1./s1. The number of hydrogen-bond acceptors (Lipinski definition) is 4. The Labute approximate surface area is 244 Å². The molecule has 6 rings (SSSR count). The van der Waals surface area contributed by atoms with E-state index in [1.807, 2.05) is 12.1 Å². The number of benzene rings is 2. The topological polar surface area (TPSA) is 61.6 Å². The largest absolute Gasteiger partial charge is 0.480 e. The second-order valence-electron chi connectivity index (χ2n) is 12.4. The van der Waals surface area contributed by atoms with Gasteiger partial charge in [0.2, 0.25) is 0 Å². The average Bonchev–Trinajstić information content (AvgIpc) is 3.60. The Morgan fingerprint density at radius 3 is 2.41 bits per heavy atom. The number of likely N-dealkylation sites (tertiary alicyclic amines) is 2. The van der Waals surface area contributed by atoms with Crippen LogP contribution in [-0.4, -0.2) is 69.7 Å². The van der Waals surface area contributed by atoms with E-state index >= 15 is 0 Å². The third-order valence-electron chi connectivity index (χ3n) is 9.48. The van der Waals surface area contributed by atoms with Gasteiger partial charge in [-0.3, -0.25) is 9.69 Å². The van der Waals surface area contributed by atoms with Crippen molar-refractivity contribution in [2.24, 2.45) is 5.92 Å². The monoisotopic (exact) mass is 562 g/mol. The van der Waals surface area contributed by atoms with Crippen molar-refractivity contribution < 1.29 is 14.3 Å². The highest BCUT2D eigenvalue weighted by atomic mass is 19.1. The minimum atomic E-state index is -0.615. The number of carboxylic acids is 1. The van der Waals surface area contributed by atoms with E-state index in [-0.39, 0.29) is 11.9 Å². The first-order valence-electron chi connectivity index (χ1n) is 15.8. The third-order valence-corrected chi connectivity index (χ3v) is 9.48. The van der Waals surface area contributed by atoms with E-state index in [2.05, 4.69) is 57.6 Å². The van der Waals surface area contributed by atoms with Gasteiger partial charge in [0.05, 0.1) is 11.0 Å². The Morgan fingerprint density at radius 2 is 1.73 bits per heavy atom. The molecule has 1 aromatic heterocycles. The quantitative estimate of drug-likeness (QED) is 0.339. The van der Waals surface area contributed by atoms with Gasteiger partial charge in [0.1, 0.15) is 17.7 Å². The van der Waals surface area contributed by atoms with Crippen LogP contribution in [0, 0.1) is 11.7 Å². The molecular weight excluding hydrogens is 515 g/mol. The van der Waals surface area contributed by atoms with Crippen molar-refractivity contribution in [3.63, 3.8) is 0 Å². The highest BCUT2D eigenvalue weighted by Gasteiger charge is 2.38. The fraction of sp³-hybridized carbons (Fsp3) is 0.588. The molecule has 3 aromatic rings. The second kappa shape index (κ2) is 13.9. The lowest BCUT2D eigenvalue weighted by Gasteiger charge is -2.33. The van der Waals surface area contributed by atoms with Crippen molar-refractivity contribution in [1.82, 2.24) is 19.4 Å². The second-order valence-corrected chi connectivity index (χ2v) is 12.4. The van der Waals surface area contributed by atoms with E-state index in [1.54, 1.807) is 12.1 Å². The van der Waals surface area contributed by atoms with Gasteiger partial charge in [-0.1, -0.05) is 56.5 Å². The molecule has 222 valence electrons. The average molecular weight is 563 g/mol. The maximum absolute atomic E-state index is 13.4. The number of carboxylic acid groups (broad SMARTS) is 1. The number of piperidine rings is 1. The van der Waals surface area contributed by atoms with Crippen molar-refractivity contribution in [2.45, 2.75) is 89.1 Å². The SMILES string of the molecule is CCCc1nc2cc(F)ccc2n1C1CCN(C)CC1.O=C(O)[C@@H](C1CCCCC1)N1CC[C@@H](c2ccccc2)C1. The van der Waals surface area contributed by atoms with Crippen LogP contribution in [0.25, 0.3) is 11.0 Å². The molecule has 1 N–H and O–H groups in total. The van der Waals surface area contributed by atoms with Crippen LogP contribution in [0.5, 0.6) is 0 Å². The van der Waals surface area contributed by atoms with E-state index in [0.29, 0.717) is 17.9 Å². The molecule has 0 bridgehead atoms. The third kappa shape index (κ3) is 7.18. The van der Waals surface area contributed by atoms with Crippen LogP contribution in [0.4, 0.5) is 4.39 Å². The number of imidazole rings is 1. The number of aryl methyl sites for hydroxylation is 1. The predicted octanol–water partition coefficient (Wildman–Crippen LogP) is 6.90. The van der Waals surface area contributed by atoms with Gasteiger partial charge < -0.3 is 14.6 Å². The highest BCUT2D eigenvalue weighted by Crippen LogP contribution is 2.35. The van der Waals surface area contributed by atoms with Gasteiger partial charge in [0, 0.05) is 25.1 Å². The van der Waals surface area contributed by atoms with Crippen molar-refractivity contribution in [3.8, 4) is 0 Å². The Morgan fingerprint density at radius 1 is 1.00 bits per heavy atom. The van der Waals surface area contributed by atoms with Gasteiger partial charge in [-0.25, -0.2) is 9.37 Å². The van der Waals surface area contributed by atoms with Gasteiger partial charge in [-0.2, -0.15) is 0 Å². The minimum absolute atomic E-state index is 0.200. The fourth-order valence-electron chi connectivity index (χ4n) is 7.33. The summed E-state index contributed by atoms with van der Waals surface area (Å²) >= 11 is 0. The van der Waals surface area contributed by atoms with Gasteiger partial charge in [-0.15, -0.1) is 0 Å². The normalized spacial score (nSPS) is 22.0. The Kier molecular flexibility index (Phi) is 10.1. The van der Waals surface area contributed by atoms with Gasteiger partial charge in [0.15, 0.2) is 0 Å². The molecule has 1 saturated carbocycles. The summed E-state index contributed by atoms with van der Waals surface area (Å²) in [6.45, 7) is 6.23.